The standard InChI is InChI=1S/C19H39N5O7/c1-19(27)7-28-18(13(26)16(19)24-2)31-15-11(23)5-10(22)14(12(15)25)30-17-9(21)4-3-8(6-20)29-17/h8-18,24-27H,3-7,20-23H2,1-2H3/t8-,9+,10-,11+,12-,13-,14+,15-,16-,17+,18-,19+/m0/s1. The first-order valence-electron chi connectivity index (χ1n) is 10.9. The Kier molecular flexibility index (Phi) is 8.27. The molecule has 0 spiro atoms. The van der Waals surface area contributed by atoms with Gasteiger partial charge >= 0.3 is 0 Å². The molecule has 12 atom stereocenters. The van der Waals surface area contributed by atoms with Gasteiger partial charge in [-0.2, -0.15) is 0 Å². The summed E-state index contributed by atoms with van der Waals surface area (Å²) in [5.74, 6) is 0. The van der Waals surface area contributed by atoms with Crippen molar-refractivity contribution in [3.05, 3.63) is 0 Å². The van der Waals surface area contributed by atoms with Crippen molar-refractivity contribution in [1.29, 1.82) is 0 Å². The normalized spacial score (nSPS) is 51.6. The molecule has 0 aromatic heterocycles. The molecule has 0 amide bonds. The van der Waals surface area contributed by atoms with Crippen molar-refractivity contribution in [3.8, 4) is 0 Å². The van der Waals surface area contributed by atoms with Gasteiger partial charge in [0, 0.05) is 18.6 Å². The van der Waals surface area contributed by atoms with Crippen molar-refractivity contribution in [2.24, 2.45) is 22.9 Å². The predicted octanol–water partition coefficient (Wildman–Crippen LogP) is -3.98. The number of aliphatic hydroxyl groups is 3. The van der Waals surface area contributed by atoms with Crippen LogP contribution < -0.4 is 28.3 Å². The number of aliphatic hydroxyl groups excluding tert-OH is 2. The van der Waals surface area contributed by atoms with Gasteiger partial charge in [0.15, 0.2) is 12.6 Å². The maximum atomic E-state index is 11.0. The zero-order valence-electron chi connectivity index (χ0n) is 18.2. The number of ether oxygens (including phenoxy) is 4. The highest BCUT2D eigenvalue weighted by atomic mass is 16.7. The molecule has 3 fully saturated rings. The van der Waals surface area contributed by atoms with Crippen molar-refractivity contribution in [2.75, 3.05) is 20.2 Å². The zero-order chi connectivity index (χ0) is 22.9. The SMILES string of the molecule is CN[C@H]1[C@H](O)[C@H](O[C@@H]2[C@@H](O)[C@H](O[C@H]3O[C@H](CN)CC[C@H]3N)[C@@H](N)C[C@H]2N)OC[C@@]1(C)O. The lowest BCUT2D eigenvalue weighted by atomic mass is 9.84. The van der Waals surface area contributed by atoms with E-state index >= 15 is 0 Å². The van der Waals surface area contributed by atoms with Crippen LogP contribution in [-0.2, 0) is 18.9 Å². The van der Waals surface area contributed by atoms with Crippen LogP contribution in [0.25, 0.3) is 0 Å². The highest BCUT2D eigenvalue weighted by Crippen LogP contribution is 2.31. The number of rotatable bonds is 6. The smallest absolute Gasteiger partial charge is 0.185 e. The van der Waals surface area contributed by atoms with E-state index in [1.165, 1.54) is 0 Å². The van der Waals surface area contributed by atoms with Gasteiger partial charge < -0.3 is 62.5 Å². The Balaban J connectivity index is 1.68. The van der Waals surface area contributed by atoms with E-state index in [0.717, 1.165) is 6.42 Å². The predicted molar refractivity (Wildman–Crippen MR) is 110 cm³/mol. The average molecular weight is 450 g/mol. The van der Waals surface area contributed by atoms with E-state index in [1.54, 1.807) is 14.0 Å². The number of likely N-dealkylation sites (N-methyl/N-ethyl adjacent to an activating group) is 1. The molecule has 182 valence electrons. The molecule has 0 aromatic carbocycles. The molecule has 2 aliphatic heterocycles. The van der Waals surface area contributed by atoms with Crippen LogP contribution >= 0.6 is 0 Å². The van der Waals surface area contributed by atoms with Crippen molar-refractivity contribution in [3.63, 3.8) is 0 Å². The molecule has 0 unspecified atom stereocenters. The summed E-state index contributed by atoms with van der Waals surface area (Å²) >= 11 is 0. The van der Waals surface area contributed by atoms with Gasteiger partial charge in [-0.05, 0) is 33.2 Å². The summed E-state index contributed by atoms with van der Waals surface area (Å²) < 4.78 is 23.3. The minimum atomic E-state index is -1.29. The largest absolute Gasteiger partial charge is 0.388 e. The van der Waals surface area contributed by atoms with E-state index in [2.05, 4.69) is 5.32 Å². The molecule has 31 heavy (non-hydrogen) atoms. The lowest BCUT2D eigenvalue weighted by molar-refractivity contribution is -0.306. The Morgan fingerprint density at radius 2 is 1.61 bits per heavy atom. The molecular weight excluding hydrogens is 410 g/mol. The second kappa shape index (κ2) is 10.2. The molecule has 3 rings (SSSR count). The first kappa shape index (κ1) is 25.1. The van der Waals surface area contributed by atoms with Gasteiger partial charge in [-0.25, -0.2) is 0 Å². The van der Waals surface area contributed by atoms with Crippen molar-refractivity contribution < 1.29 is 34.3 Å². The molecule has 2 heterocycles. The van der Waals surface area contributed by atoms with Crippen LogP contribution in [0.15, 0.2) is 0 Å². The molecule has 1 aliphatic carbocycles. The first-order chi connectivity index (χ1) is 14.6. The zero-order valence-corrected chi connectivity index (χ0v) is 18.2. The van der Waals surface area contributed by atoms with E-state index in [-0.39, 0.29) is 18.8 Å². The molecule has 1 saturated carbocycles. The van der Waals surface area contributed by atoms with E-state index in [0.29, 0.717) is 19.4 Å². The lowest BCUT2D eigenvalue weighted by Gasteiger charge is -2.48. The second-order valence-electron chi connectivity index (χ2n) is 9.15. The number of nitrogens with one attached hydrogen (secondary N) is 1. The molecule has 12 N–H and O–H groups in total. The fourth-order valence-electron chi connectivity index (χ4n) is 4.69. The maximum absolute atomic E-state index is 11.0. The van der Waals surface area contributed by atoms with Crippen LogP contribution in [0, 0.1) is 0 Å². The number of hydrogen-bond donors (Lipinski definition) is 8. The monoisotopic (exact) mass is 449 g/mol. The van der Waals surface area contributed by atoms with Gasteiger partial charge in [-0.3, -0.25) is 0 Å². The van der Waals surface area contributed by atoms with Crippen LogP contribution in [0.1, 0.15) is 26.2 Å². The molecule has 2 saturated heterocycles. The third-order valence-electron chi connectivity index (χ3n) is 6.55. The summed E-state index contributed by atoms with van der Waals surface area (Å²) in [5.41, 5.74) is 23.0. The van der Waals surface area contributed by atoms with E-state index < -0.39 is 60.7 Å². The first-order valence-corrected chi connectivity index (χ1v) is 10.9. The van der Waals surface area contributed by atoms with E-state index in [4.69, 9.17) is 41.9 Å². The summed E-state index contributed by atoms with van der Waals surface area (Å²) in [6, 6.07) is -2.26. The highest BCUT2D eigenvalue weighted by molar-refractivity contribution is 5.01. The summed E-state index contributed by atoms with van der Waals surface area (Å²) in [6.07, 6.45) is -4.48. The molecule has 12 heteroatoms. The minimum Gasteiger partial charge on any atom is -0.388 e. The fourth-order valence-corrected chi connectivity index (χ4v) is 4.69. The molecule has 0 radical (unpaired) electrons. The average Bonchev–Trinajstić information content (AvgIpc) is 2.71. The lowest BCUT2D eigenvalue weighted by Crippen LogP contribution is -2.68. The Bertz CT molecular complexity index is 588. The fraction of sp³-hybridized carbons (Fsp3) is 1.00. The van der Waals surface area contributed by atoms with Crippen LogP contribution in [0.5, 0.6) is 0 Å². The van der Waals surface area contributed by atoms with Crippen molar-refractivity contribution in [1.82, 2.24) is 5.32 Å². The summed E-state index contributed by atoms with van der Waals surface area (Å²) in [5, 5.41) is 34.9. The molecular formula is C19H39N5O7. The van der Waals surface area contributed by atoms with Crippen LogP contribution in [-0.4, -0.2) is 108 Å². The van der Waals surface area contributed by atoms with Crippen LogP contribution in [0.3, 0.4) is 0 Å². The van der Waals surface area contributed by atoms with E-state index in [9.17, 15) is 15.3 Å². The third kappa shape index (κ3) is 5.37. The van der Waals surface area contributed by atoms with Crippen molar-refractivity contribution >= 4 is 0 Å². The minimum absolute atomic E-state index is 0.0665. The highest BCUT2D eigenvalue weighted by Gasteiger charge is 2.50. The van der Waals surface area contributed by atoms with Gasteiger partial charge in [0.1, 0.15) is 30.0 Å². The summed E-state index contributed by atoms with van der Waals surface area (Å²) in [7, 11) is 1.62. The Morgan fingerprint density at radius 1 is 1.00 bits per heavy atom. The quantitative estimate of drug-likeness (QED) is 0.195. The number of nitrogens with two attached hydrogens (primary N) is 4. The molecule has 12 nitrogen and oxygen atoms in total. The van der Waals surface area contributed by atoms with Gasteiger partial charge in [-0.15, -0.1) is 0 Å². The molecule has 3 aliphatic rings. The van der Waals surface area contributed by atoms with E-state index in [1.807, 2.05) is 0 Å². The molecule has 0 aromatic rings. The summed E-state index contributed by atoms with van der Waals surface area (Å²) in [6.45, 7) is 1.83. The van der Waals surface area contributed by atoms with Gasteiger partial charge in [-0.1, -0.05) is 0 Å². The summed E-state index contributed by atoms with van der Waals surface area (Å²) in [4.78, 5) is 0. The topological polar surface area (TPSA) is 214 Å². The maximum Gasteiger partial charge on any atom is 0.185 e. The van der Waals surface area contributed by atoms with Gasteiger partial charge in [0.05, 0.1) is 24.8 Å². The van der Waals surface area contributed by atoms with Crippen LogP contribution in [0.4, 0.5) is 0 Å². The Labute approximate surface area is 182 Å². The van der Waals surface area contributed by atoms with Crippen molar-refractivity contribution in [2.45, 2.75) is 99.1 Å². The second-order valence-corrected chi connectivity index (χ2v) is 9.15. The molecule has 0 bridgehead atoms. The van der Waals surface area contributed by atoms with Gasteiger partial charge in [0.2, 0.25) is 0 Å². The number of hydrogen-bond acceptors (Lipinski definition) is 12. The Morgan fingerprint density at radius 3 is 2.19 bits per heavy atom. The van der Waals surface area contributed by atoms with Crippen LogP contribution in [0.2, 0.25) is 0 Å². The Hall–Kier alpha value is -0.480. The third-order valence-corrected chi connectivity index (χ3v) is 6.55. The van der Waals surface area contributed by atoms with Gasteiger partial charge in [0.25, 0.3) is 0 Å².